The lowest BCUT2D eigenvalue weighted by Crippen LogP contribution is -2.42. The summed E-state index contributed by atoms with van der Waals surface area (Å²) in [5.74, 6) is -1.10. The summed E-state index contributed by atoms with van der Waals surface area (Å²) in [5.41, 5.74) is 0. The molecule has 0 unspecified atom stereocenters. The minimum atomic E-state index is -0.730. The molecule has 7 nitrogen and oxygen atoms in total. The number of hydrogen-bond donors (Lipinski definition) is 2. The van der Waals surface area contributed by atoms with Crippen molar-refractivity contribution in [1.82, 2.24) is 10.2 Å². The second-order valence-electron chi connectivity index (χ2n) is 5.40. The Morgan fingerprint density at radius 1 is 1.24 bits per heavy atom. The van der Waals surface area contributed by atoms with E-state index in [4.69, 9.17) is 9.84 Å². The molecule has 21 heavy (non-hydrogen) atoms. The summed E-state index contributed by atoms with van der Waals surface area (Å²) in [5, 5.41) is 11.7. The molecule has 1 saturated carbocycles. The van der Waals surface area contributed by atoms with E-state index < -0.39 is 11.9 Å². The number of esters is 1. The average molecular weight is 300 g/mol. The molecule has 0 aromatic heterocycles. The van der Waals surface area contributed by atoms with Crippen LogP contribution in [0.2, 0.25) is 0 Å². The molecule has 1 fully saturated rings. The highest BCUT2D eigenvalue weighted by Crippen LogP contribution is 2.28. The Kier molecular flexibility index (Phi) is 6.98. The van der Waals surface area contributed by atoms with Crippen molar-refractivity contribution in [2.24, 2.45) is 11.8 Å². The smallest absolute Gasteiger partial charge is 0.325 e. The van der Waals surface area contributed by atoms with Gasteiger partial charge in [0.05, 0.1) is 12.5 Å². The zero-order valence-corrected chi connectivity index (χ0v) is 12.6. The molecule has 1 aliphatic carbocycles. The summed E-state index contributed by atoms with van der Waals surface area (Å²) in [6, 6.07) is -0.316. The van der Waals surface area contributed by atoms with Crippen LogP contribution in [0.1, 0.15) is 32.6 Å². The molecule has 1 rings (SSSR count). The number of carboxylic acids is 1. The standard InChI is InChI=1S/C14H24N2O5/c1-3-21-12(17)9-16(2)14(20)15-8-10-4-6-11(7-5-10)13(18)19/h10-11H,3-9H2,1-2H3,(H,15,20)(H,18,19). The highest BCUT2D eigenvalue weighted by atomic mass is 16.5. The van der Waals surface area contributed by atoms with Crippen LogP contribution in [-0.2, 0) is 14.3 Å². The van der Waals surface area contributed by atoms with Gasteiger partial charge in [-0.25, -0.2) is 4.79 Å². The third-order valence-corrected chi connectivity index (χ3v) is 3.76. The Morgan fingerprint density at radius 2 is 1.86 bits per heavy atom. The largest absolute Gasteiger partial charge is 0.481 e. The van der Waals surface area contributed by atoms with E-state index in [1.54, 1.807) is 6.92 Å². The normalized spacial score (nSPS) is 21.4. The van der Waals surface area contributed by atoms with Crippen LogP contribution in [0.4, 0.5) is 4.79 Å². The molecule has 120 valence electrons. The van der Waals surface area contributed by atoms with Crippen molar-refractivity contribution in [3.8, 4) is 0 Å². The van der Waals surface area contributed by atoms with Crippen molar-refractivity contribution < 1.29 is 24.2 Å². The predicted octanol–water partition coefficient (Wildman–Crippen LogP) is 1.08. The fourth-order valence-corrected chi connectivity index (χ4v) is 2.45. The average Bonchev–Trinajstić information content (AvgIpc) is 2.45. The number of carbonyl (C=O) groups is 3. The minimum absolute atomic E-state index is 0.0779. The topological polar surface area (TPSA) is 95.9 Å². The monoisotopic (exact) mass is 300 g/mol. The molecule has 0 aromatic rings. The number of carboxylic acid groups (broad SMARTS) is 1. The number of urea groups is 1. The number of likely N-dealkylation sites (N-methyl/N-ethyl adjacent to an activating group) is 1. The maximum Gasteiger partial charge on any atom is 0.325 e. The first-order valence-corrected chi connectivity index (χ1v) is 7.31. The van der Waals surface area contributed by atoms with Gasteiger partial charge in [0.15, 0.2) is 0 Å². The van der Waals surface area contributed by atoms with Gasteiger partial charge in [-0.2, -0.15) is 0 Å². The van der Waals surface area contributed by atoms with Gasteiger partial charge in [-0.1, -0.05) is 0 Å². The molecule has 1 aliphatic rings. The number of carbonyl (C=O) groups excluding carboxylic acids is 2. The van der Waals surface area contributed by atoms with Gasteiger partial charge in [-0.3, -0.25) is 9.59 Å². The summed E-state index contributed by atoms with van der Waals surface area (Å²) >= 11 is 0. The van der Waals surface area contributed by atoms with E-state index in [-0.39, 0.29) is 18.5 Å². The number of ether oxygens (including phenoxy) is 1. The molecule has 0 aliphatic heterocycles. The predicted molar refractivity (Wildman–Crippen MR) is 75.7 cm³/mol. The van der Waals surface area contributed by atoms with Gasteiger partial charge in [-0.15, -0.1) is 0 Å². The first-order chi connectivity index (χ1) is 9.93. The first-order valence-electron chi connectivity index (χ1n) is 7.31. The summed E-state index contributed by atoms with van der Waals surface area (Å²) in [6.07, 6.45) is 2.93. The van der Waals surface area contributed by atoms with E-state index in [1.165, 1.54) is 11.9 Å². The van der Waals surface area contributed by atoms with Crippen LogP contribution >= 0.6 is 0 Å². The van der Waals surface area contributed by atoms with Crippen molar-refractivity contribution >= 4 is 18.0 Å². The number of rotatable bonds is 6. The molecule has 0 atom stereocenters. The fraction of sp³-hybridized carbons (Fsp3) is 0.786. The van der Waals surface area contributed by atoms with Gasteiger partial charge < -0.3 is 20.1 Å². The number of nitrogens with one attached hydrogen (secondary N) is 1. The summed E-state index contributed by atoms with van der Waals surface area (Å²) in [7, 11) is 1.54. The van der Waals surface area contributed by atoms with Gasteiger partial charge in [-0.05, 0) is 38.5 Å². The summed E-state index contributed by atoms with van der Waals surface area (Å²) in [6.45, 7) is 2.44. The molecule has 0 aromatic carbocycles. The molecule has 0 heterocycles. The fourth-order valence-electron chi connectivity index (χ4n) is 2.45. The van der Waals surface area contributed by atoms with Gasteiger partial charge in [0.1, 0.15) is 6.54 Å². The van der Waals surface area contributed by atoms with Crippen LogP contribution in [0.15, 0.2) is 0 Å². The van der Waals surface area contributed by atoms with E-state index >= 15 is 0 Å². The SMILES string of the molecule is CCOC(=O)CN(C)C(=O)NCC1CCC(C(=O)O)CC1. The Morgan fingerprint density at radius 3 is 2.38 bits per heavy atom. The van der Waals surface area contributed by atoms with Crippen LogP contribution in [0.5, 0.6) is 0 Å². The molecule has 7 heteroatoms. The first kappa shape index (κ1) is 17.3. The van der Waals surface area contributed by atoms with Crippen LogP contribution in [-0.4, -0.2) is 54.7 Å². The van der Waals surface area contributed by atoms with Crippen molar-refractivity contribution in [2.75, 3.05) is 26.7 Å². The Bertz CT molecular complexity index is 378. The van der Waals surface area contributed by atoms with E-state index in [0.717, 1.165) is 12.8 Å². The number of nitrogens with zero attached hydrogens (tertiary/aromatic N) is 1. The van der Waals surface area contributed by atoms with Crippen LogP contribution in [0.25, 0.3) is 0 Å². The number of hydrogen-bond acceptors (Lipinski definition) is 4. The molecule has 2 amide bonds. The molecule has 2 N–H and O–H groups in total. The highest BCUT2D eigenvalue weighted by molar-refractivity contribution is 5.80. The summed E-state index contributed by atoms with van der Waals surface area (Å²) < 4.78 is 4.78. The van der Waals surface area contributed by atoms with Gasteiger partial charge >= 0.3 is 18.0 Å². The highest BCUT2D eigenvalue weighted by Gasteiger charge is 2.26. The Hall–Kier alpha value is -1.79. The van der Waals surface area contributed by atoms with Gasteiger partial charge in [0.25, 0.3) is 0 Å². The van der Waals surface area contributed by atoms with Crippen LogP contribution in [0.3, 0.4) is 0 Å². The molecule has 0 spiro atoms. The zero-order valence-electron chi connectivity index (χ0n) is 12.6. The van der Waals surface area contributed by atoms with Gasteiger partial charge in [0, 0.05) is 13.6 Å². The Balaban J connectivity index is 2.24. The maximum absolute atomic E-state index is 11.8. The van der Waals surface area contributed by atoms with Crippen LogP contribution < -0.4 is 5.32 Å². The third kappa shape index (κ3) is 6.01. The van der Waals surface area contributed by atoms with Crippen LogP contribution in [0, 0.1) is 11.8 Å². The molecular weight excluding hydrogens is 276 g/mol. The molecule has 0 saturated heterocycles. The zero-order chi connectivity index (χ0) is 15.8. The molecular formula is C14H24N2O5. The van der Waals surface area contributed by atoms with E-state index in [1.807, 2.05) is 0 Å². The lowest BCUT2D eigenvalue weighted by atomic mass is 9.82. The maximum atomic E-state index is 11.8. The van der Waals surface area contributed by atoms with Crippen molar-refractivity contribution in [3.05, 3.63) is 0 Å². The lowest BCUT2D eigenvalue weighted by molar-refractivity contribution is -0.144. The van der Waals surface area contributed by atoms with E-state index in [0.29, 0.717) is 31.9 Å². The van der Waals surface area contributed by atoms with Gasteiger partial charge in [0.2, 0.25) is 0 Å². The Labute approximate surface area is 124 Å². The van der Waals surface area contributed by atoms with E-state index in [9.17, 15) is 14.4 Å². The number of amides is 2. The second kappa shape index (κ2) is 8.49. The third-order valence-electron chi connectivity index (χ3n) is 3.76. The minimum Gasteiger partial charge on any atom is -0.481 e. The molecule has 0 radical (unpaired) electrons. The van der Waals surface area contributed by atoms with Crippen molar-refractivity contribution in [3.63, 3.8) is 0 Å². The number of aliphatic carboxylic acids is 1. The molecule has 0 bridgehead atoms. The van der Waals surface area contributed by atoms with Crippen molar-refractivity contribution in [2.45, 2.75) is 32.6 Å². The van der Waals surface area contributed by atoms with Crippen molar-refractivity contribution in [1.29, 1.82) is 0 Å². The second-order valence-corrected chi connectivity index (χ2v) is 5.40. The quantitative estimate of drug-likeness (QED) is 0.716. The van der Waals surface area contributed by atoms with E-state index in [2.05, 4.69) is 5.32 Å². The lowest BCUT2D eigenvalue weighted by Gasteiger charge is -2.27. The summed E-state index contributed by atoms with van der Waals surface area (Å²) in [4.78, 5) is 35.2.